The number of nitrogens with zero attached hydrogens (tertiary/aromatic N) is 1. The number of rotatable bonds is 8. The van der Waals surface area contributed by atoms with E-state index < -0.39 is 10.9 Å². The van der Waals surface area contributed by atoms with Crippen LogP contribution in [0, 0.1) is 16.0 Å². The molecule has 0 aliphatic carbocycles. The highest BCUT2D eigenvalue weighted by Crippen LogP contribution is 2.27. The highest BCUT2D eigenvalue weighted by atomic mass is 16.6. The summed E-state index contributed by atoms with van der Waals surface area (Å²) in [5.74, 6) is -0.531. The Kier molecular flexibility index (Phi) is 6.14. The Morgan fingerprint density at radius 2 is 2.00 bits per heavy atom. The van der Waals surface area contributed by atoms with E-state index in [1.54, 1.807) is 0 Å². The Balaban J connectivity index is 2.78. The lowest BCUT2D eigenvalue weighted by Gasteiger charge is -2.16. The number of carboxylic acids is 1. The van der Waals surface area contributed by atoms with E-state index in [1.807, 2.05) is 6.92 Å². The Morgan fingerprint density at radius 3 is 2.52 bits per heavy atom. The summed E-state index contributed by atoms with van der Waals surface area (Å²) < 4.78 is 0. The molecule has 0 spiro atoms. The van der Waals surface area contributed by atoms with Crippen molar-refractivity contribution < 1.29 is 14.8 Å². The molecular weight excluding hydrogens is 272 g/mol. The van der Waals surface area contributed by atoms with Crippen molar-refractivity contribution >= 4 is 17.3 Å². The van der Waals surface area contributed by atoms with Gasteiger partial charge in [-0.3, -0.25) is 10.1 Å². The molecule has 6 heteroatoms. The minimum atomic E-state index is -1.17. The second kappa shape index (κ2) is 7.61. The van der Waals surface area contributed by atoms with Crippen LogP contribution < -0.4 is 5.32 Å². The largest absolute Gasteiger partial charge is 0.478 e. The van der Waals surface area contributed by atoms with Crippen LogP contribution in [-0.4, -0.2) is 22.0 Å². The summed E-state index contributed by atoms with van der Waals surface area (Å²) in [7, 11) is 0. The molecule has 116 valence electrons. The van der Waals surface area contributed by atoms with E-state index in [1.165, 1.54) is 12.1 Å². The molecular formula is C15H22N2O4. The van der Waals surface area contributed by atoms with E-state index in [9.17, 15) is 14.9 Å². The van der Waals surface area contributed by atoms with Gasteiger partial charge < -0.3 is 10.4 Å². The van der Waals surface area contributed by atoms with Gasteiger partial charge in [-0.15, -0.1) is 0 Å². The number of anilines is 1. The fraction of sp³-hybridized carbons (Fsp3) is 0.533. The predicted molar refractivity (Wildman–Crippen MR) is 81.8 cm³/mol. The number of carboxylic acid groups (broad SMARTS) is 1. The van der Waals surface area contributed by atoms with Crippen LogP contribution in [0.5, 0.6) is 0 Å². The number of aromatic carboxylic acids is 1. The van der Waals surface area contributed by atoms with Crippen LogP contribution in [0.1, 0.15) is 50.4 Å². The smallest absolute Gasteiger partial charge is 0.335 e. The van der Waals surface area contributed by atoms with Gasteiger partial charge in [-0.25, -0.2) is 4.79 Å². The zero-order valence-electron chi connectivity index (χ0n) is 12.6. The summed E-state index contributed by atoms with van der Waals surface area (Å²) in [5, 5.41) is 23.0. The van der Waals surface area contributed by atoms with Gasteiger partial charge in [-0.1, -0.05) is 26.7 Å². The van der Waals surface area contributed by atoms with E-state index in [0.717, 1.165) is 25.3 Å². The van der Waals surface area contributed by atoms with Gasteiger partial charge in [0.25, 0.3) is 5.69 Å². The topological polar surface area (TPSA) is 92.5 Å². The van der Waals surface area contributed by atoms with Crippen molar-refractivity contribution in [2.24, 2.45) is 5.92 Å². The summed E-state index contributed by atoms with van der Waals surface area (Å²) in [6.07, 6.45) is 3.08. The first-order valence-electron chi connectivity index (χ1n) is 7.09. The van der Waals surface area contributed by atoms with Gasteiger partial charge in [0.1, 0.15) is 5.69 Å². The highest BCUT2D eigenvalue weighted by molar-refractivity contribution is 5.89. The lowest BCUT2D eigenvalue weighted by molar-refractivity contribution is -0.384. The summed E-state index contributed by atoms with van der Waals surface area (Å²) in [6, 6.07) is 4.02. The van der Waals surface area contributed by atoms with Crippen LogP contribution in [0.15, 0.2) is 18.2 Å². The predicted octanol–water partition coefficient (Wildman–Crippen LogP) is 3.92. The van der Waals surface area contributed by atoms with Crippen molar-refractivity contribution in [1.29, 1.82) is 0 Å². The van der Waals surface area contributed by atoms with E-state index in [2.05, 4.69) is 19.2 Å². The number of hydrogen-bond donors (Lipinski definition) is 2. The van der Waals surface area contributed by atoms with E-state index >= 15 is 0 Å². The highest BCUT2D eigenvalue weighted by Gasteiger charge is 2.18. The van der Waals surface area contributed by atoms with Gasteiger partial charge in [0.15, 0.2) is 0 Å². The van der Waals surface area contributed by atoms with Crippen molar-refractivity contribution in [2.75, 3.05) is 5.32 Å². The number of benzene rings is 1. The molecule has 1 aromatic rings. The quantitative estimate of drug-likeness (QED) is 0.560. The van der Waals surface area contributed by atoms with Crippen LogP contribution in [-0.2, 0) is 0 Å². The summed E-state index contributed by atoms with van der Waals surface area (Å²) in [4.78, 5) is 21.4. The molecule has 0 amide bonds. The molecule has 6 nitrogen and oxygen atoms in total. The van der Waals surface area contributed by atoms with Crippen molar-refractivity contribution in [2.45, 2.75) is 46.1 Å². The number of hydrogen-bond acceptors (Lipinski definition) is 4. The third-order valence-electron chi connectivity index (χ3n) is 3.26. The monoisotopic (exact) mass is 294 g/mol. The molecule has 1 rings (SSSR count). The molecule has 0 heterocycles. The second-order valence-electron chi connectivity index (χ2n) is 5.66. The van der Waals surface area contributed by atoms with Crippen molar-refractivity contribution in [3.05, 3.63) is 33.9 Å². The normalized spacial score (nSPS) is 12.2. The van der Waals surface area contributed by atoms with Crippen molar-refractivity contribution in [3.8, 4) is 0 Å². The fourth-order valence-corrected chi connectivity index (χ4v) is 2.11. The third kappa shape index (κ3) is 5.41. The van der Waals surface area contributed by atoms with Gasteiger partial charge in [0, 0.05) is 12.1 Å². The van der Waals surface area contributed by atoms with Crippen molar-refractivity contribution in [1.82, 2.24) is 0 Å². The fourth-order valence-electron chi connectivity index (χ4n) is 2.11. The Morgan fingerprint density at radius 1 is 1.33 bits per heavy atom. The Labute approximate surface area is 124 Å². The number of carbonyl (C=O) groups is 1. The maximum atomic E-state index is 11.1. The molecule has 0 fully saturated rings. The lowest BCUT2D eigenvalue weighted by atomic mass is 10.0. The zero-order chi connectivity index (χ0) is 16.0. The minimum Gasteiger partial charge on any atom is -0.478 e. The summed E-state index contributed by atoms with van der Waals surface area (Å²) in [6.45, 7) is 6.29. The second-order valence-corrected chi connectivity index (χ2v) is 5.66. The Hall–Kier alpha value is -2.11. The molecule has 1 atom stereocenters. The average Bonchev–Trinajstić information content (AvgIpc) is 2.38. The lowest BCUT2D eigenvalue weighted by Crippen LogP contribution is -2.16. The van der Waals surface area contributed by atoms with E-state index in [0.29, 0.717) is 11.6 Å². The molecule has 0 radical (unpaired) electrons. The maximum Gasteiger partial charge on any atom is 0.335 e. The van der Waals surface area contributed by atoms with Crippen LogP contribution >= 0.6 is 0 Å². The number of nitro benzene ring substituents is 1. The molecule has 21 heavy (non-hydrogen) atoms. The first kappa shape index (κ1) is 16.9. The molecule has 1 aromatic carbocycles. The molecule has 0 saturated carbocycles. The van der Waals surface area contributed by atoms with Crippen molar-refractivity contribution in [3.63, 3.8) is 0 Å². The van der Waals surface area contributed by atoms with Crippen LogP contribution in [0.3, 0.4) is 0 Å². The first-order valence-corrected chi connectivity index (χ1v) is 7.09. The van der Waals surface area contributed by atoms with Crippen LogP contribution in [0.2, 0.25) is 0 Å². The molecule has 0 aliphatic heterocycles. The molecule has 0 aromatic heterocycles. The van der Waals surface area contributed by atoms with Gasteiger partial charge in [0.2, 0.25) is 0 Å². The van der Waals surface area contributed by atoms with Gasteiger partial charge in [0.05, 0.1) is 10.5 Å². The van der Waals surface area contributed by atoms with Crippen LogP contribution in [0.4, 0.5) is 11.4 Å². The molecule has 2 N–H and O–H groups in total. The zero-order valence-corrected chi connectivity index (χ0v) is 12.6. The minimum absolute atomic E-state index is 0.0836. The SMILES string of the molecule is CC(C)CCCC(C)Nc1ccc(C(=O)O)cc1[N+](=O)[O-]. The van der Waals surface area contributed by atoms with Gasteiger partial charge in [-0.05, 0) is 31.4 Å². The van der Waals surface area contributed by atoms with E-state index in [4.69, 9.17) is 5.11 Å². The standard InChI is InChI=1S/C15H22N2O4/c1-10(2)5-4-6-11(3)16-13-8-7-12(15(18)19)9-14(13)17(20)21/h7-11,16H,4-6H2,1-3H3,(H,18,19). The average molecular weight is 294 g/mol. The third-order valence-corrected chi connectivity index (χ3v) is 3.26. The van der Waals surface area contributed by atoms with Gasteiger partial charge >= 0.3 is 5.97 Å². The first-order chi connectivity index (χ1) is 9.81. The molecule has 1 unspecified atom stereocenters. The van der Waals surface area contributed by atoms with Crippen LogP contribution in [0.25, 0.3) is 0 Å². The molecule has 0 saturated heterocycles. The molecule has 0 bridgehead atoms. The van der Waals surface area contributed by atoms with E-state index in [-0.39, 0.29) is 17.3 Å². The number of nitrogens with one attached hydrogen (secondary N) is 1. The molecule has 0 aliphatic rings. The summed E-state index contributed by atoms with van der Waals surface area (Å²) >= 11 is 0. The summed E-state index contributed by atoms with van der Waals surface area (Å²) in [5.41, 5.74) is 0.0763. The van der Waals surface area contributed by atoms with Gasteiger partial charge in [-0.2, -0.15) is 0 Å². The maximum absolute atomic E-state index is 11.1. The Bertz CT molecular complexity index is 514. The number of nitro groups is 1.